The molecule has 1 aliphatic rings. The second-order valence-corrected chi connectivity index (χ2v) is 6.61. The third kappa shape index (κ3) is 3.68. The van der Waals surface area contributed by atoms with Crippen LogP contribution in [0.4, 0.5) is 0 Å². The lowest BCUT2D eigenvalue weighted by Gasteiger charge is -2.20. The van der Waals surface area contributed by atoms with Crippen LogP contribution in [0.25, 0.3) is 0 Å². The number of piperidine rings is 1. The lowest BCUT2D eigenvalue weighted by Crippen LogP contribution is -2.86. The van der Waals surface area contributed by atoms with E-state index in [1.54, 1.807) is 0 Å². The predicted octanol–water partition coefficient (Wildman–Crippen LogP) is 1.86. The molecule has 1 aliphatic heterocycles. The van der Waals surface area contributed by atoms with Crippen LogP contribution in [0.15, 0.2) is 24.3 Å². The van der Waals surface area contributed by atoms with E-state index in [1.165, 1.54) is 31.5 Å². The fourth-order valence-corrected chi connectivity index (χ4v) is 2.39. The van der Waals surface area contributed by atoms with Crippen molar-refractivity contribution in [3.8, 4) is 5.75 Å². The number of quaternary nitrogens is 1. The van der Waals surface area contributed by atoms with E-state index in [-0.39, 0.29) is 9.89 Å². The van der Waals surface area contributed by atoms with Crippen LogP contribution in [0.3, 0.4) is 0 Å². The van der Waals surface area contributed by atoms with E-state index in [9.17, 15) is 4.79 Å². The Hall–Kier alpha value is -0.620. The van der Waals surface area contributed by atoms with Crippen molar-refractivity contribution in [1.82, 2.24) is 0 Å². The van der Waals surface area contributed by atoms with Gasteiger partial charge < -0.3 is 10.1 Å². The van der Waals surface area contributed by atoms with Crippen LogP contribution in [-0.4, -0.2) is 23.0 Å². The molecule has 1 atom stereocenters. The summed E-state index contributed by atoms with van der Waals surface area (Å²) in [5.74, 6) is 1.13. The van der Waals surface area contributed by atoms with Crippen molar-refractivity contribution in [2.45, 2.75) is 29.6 Å². The predicted molar refractivity (Wildman–Crippen MR) is 79.2 cm³/mol. The number of alkyl halides is 1. The third-order valence-corrected chi connectivity index (χ3v) is 3.84. The van der Waals surface area contributed by atoms with E-state index in [0.29, 0.717) is 11.7 Å². The summed E-state index contributed by atoms with van der Waals surface area (Å²) in [5, 5.41) is 2.37. The smallest absolute Gasteiger partial charge is 0.323 e. The van der Waals surface area contributed by atoms with Gasteiger partial charge in [-0.25, -0.2) is 0 Å². The number of hydrogen-bond acceptors (Lipinski definition) is 2. The van der Waals surface area contributed by atoms with Gasteiger partial charge in [0.2, 0.25) is 0 Å². The van der Waals surface area contributed by atoms with E-state index >= 15 is 0 Å². The summed E-state index contributed by atoms with van der Waals surface area (Å²) < 4.78 is 5.15. The van der Waals surface area contributed by atoms with Gasteiger partial charge >= 0.3 is 5.97 Å². The number of hydrogen-bond donors (Lipinski definition) is 1. The molecule has 0 aromatic heterocycles. The minimum Gasteiger partial charge on any atom is -0.426 e. The molecule has 1 heterocycles. The Morgan fingerprint density at radius 3 is 2.50 bits per heavy atom. The first-order valence-corrected chi connectivity index (χ1v) is 7.69. The molecule has 2 rings (SSSR count). The summed E-state index contributed by atoms with van der Waals surface area (Å²) >= 11 is 2.06. The van der Waals surface area contributed by atoms with Crippen LogP contribution in [0, 0.1) is 0 Å². The first-order valence-electron chi connectivity index (χ1n) is 6.44. The largest absolute Gasteiger partial charge is 0.426 e. The van der Waals surface area contributed by atoms with Crippen molar-refractivity contribution in [3.05, 3.63) is 29.8 Å². The highest BCUT2D eigenvalue weighted by Crippen LogP contribution is 2.25. The molecule has 0 amide bonds. The van der Waals surface area contributed by atoms with Gasteiger partial charge in [-0.15, -0.1) is 0 Å². The first-order chi connectivity index (χ1) is 8.66. The van der Waals surface area contributed by atoms with E-state index in [4.69, 9.17) is 4.74 Å². The molecule has 1 saturated heterocycles. The lowest BCUT2D eigenvalue weighted by molar-refractivity contribution is -0.663. The molecular formula is C14H19INO2+. The molecule has 1 fully saturated rings. The van der Waals surface area contributed by atoms with Gasteiger partial charge in [0.15, 0.2) is 0 Å². The SMILES string of the molecule is CC(I)C(=O)Oc1ccc(C2CC[NH2+]CC2)cc1. The van der Waals surface area contributed by atoms with Gasteiger partial charge in [0, 0.05) is 12.8 Å². The van der Waals surface area contributed by atoms with Gasteiger partial charge in [-0.2, -0.15) is 0 Å². The number of esters is 1. The van der Waals surface area contributed by atoms with Crippen LogP contribution < -0.4 is 10.1 Å². The summed E-state index contributed by atoms with van der Waals surface area (Å²) in [4.78, 5) is 11.5. The number of carbonyl (C=O) groups is 1. The van der Waals surface area contributed by atoms with E-state index < -0.39 is 0 Å². The Labute approximate surface area is 121 Å². The van der Waals surface area contributed by atoms with E-state index in [1.807, 2.05) is 19.1 Å². The van der Waals surface area contributed by atoms with Crippen molar-refractivity contribution >= 4 is 28.6 Å². The number of nitrogens with two attached hydrogens (primary N) is 1. The molecule has 0 saturated carbocycles. The zero-order valence-corrected chi connectivity index (χ0v) is 12.7. The highest BCUT2D eigenvalue weighted by Gasteiger charge is 2.17. The molecule has 4 heteroatoms. The van der Waals surface area contributed by atoms with Gasteiger partial charge in [-0.1, -0.05) is 34.7 Å². The maximum absolute atomic E-state index is 11.5. The molecule has 1 aromatic carbocycles. The number of carbonyl (C=O) groups excluding carboxylic acids is 1. The molecule has 1 aromatic rings. The van der Waals surface area contributed by atoms with Gasteiger partial charge in [0.25, 0.3) is 0 Å². The average Bonchev–Trinajstić information content (AvgIpc) is 2.40. The second-order valence-electron chi connectivity index (χ2n) is 4.75. The first kappa shape index (κ1) is 13.8. The summed E-state index contributed by atoms with van der Waals surface area (Å²) in [7, 11) is 0. The van der Waals surface area contributed by atoms with Gasteiger partial charge in [0.1, 0.15) is 9.67 Å². The van der Waals surface area contributed by atoms with Crippen LogP contribution >= 0.6 is 22.6 Å². The number of ether oxygens (including phenoxy) is 1. The van der Waals surface area contributed by atoms with Gasteiger partial charge in [-0.05, 0) is 30.5 Å². The molecule has 18 heavy (non-hydrogen) atoms. The lowest BCUT2D eigenvalue weighted by atomic mass is 9.90. The highest BCUT2D eigenvalue weighted by atomic mass is 127. The Morgan fingerprint density at radius 2 is 1.94 bits per heavy atom. The van der Waals surface area contributed by atoms with Crippen molar-refractivity contribution in [1.29, 1.82) is 0 Å². The van der Waals surface area contributed by atoms with E-state index in [0.717, 1.165) is 0 Å². The molecule has 0 bridgehead atoms. The Balaban J connectivity index is 1.98. The molecule has 98 valence electrons. The Morgan fingerprint density at radius 1 is 1.33 bits per heavy atom. The molecule has 1 unspecified atom stereocenters. The van der Waals surface area contributed by atoms with Crippen LogP contribution in [0.2, 0.25) is 0 Å². The fourth-order valence-electron chi connectivity index (χ4n) is 2.27. The monoisotopic (exact) mass is 360 g/mol. The fraction of sp³-hybridized carbons (Fsp3) is 0.500. The normalized spacial score (nSPS) is 18.3. The molecule has 2 N–H and O–H groups in total. The van der Waals surface area contributed by atoms with Gasteiger partial charge in [0.05, 0.1) is 13.1 Å². The summed E-state index contributed by atoms with van der Waals surface area (Å²) in [5.41, 5.74) is 1.37. The summed E-state index contributed by atoms with van der Waals surface area (Å²) in [6.45, 7) is 4.26. The number of rotatable bonds is 3. The number of halogens is 1. The quantitative estimate of drug-likeness (QED) is 0.387. The van der Waals surface area contributed by atoms with Crippen LogP contribution in [0.5, 0.6) is 5.75 Å². The Bertz CT molecular complexity index is 397. The van der Waals surface area contributed by atoms with E-state index in [2.05, 4.69) is 40.0 Å². The van der Waals surface area contributed by atoms with Crippen LogP contribution in [-0.2, 0) is 4.79 Å². The van der Waals surface area contributed by atoms with Gasteiger partial charge in [-0.3, -0.25) is 4.79 Å². The third-order valence-electron chi connectivity index (χ3n) is 3.33. The summed E-state index contributed by atoms with van der Waals surface area (Å²) in [6.07, 6.45) is 2.48. The minimum absolute atomic E-state index is 0.115. The van der Waals surface area contributed by atoms with Crippen molar-refractivity contribution < 1.29 is 14.8 Å². The molecule has 0 radical (unpaired) electrons. The highest BCUT2D eigenvalue weighted by molar-refractivity contribution is 14.1. The second kappa shape index (κ2) is 6.52. The average molecular weight is 360 g/mol. The van der Waals surface area contributed by atoms with Crippen molar-refractivity contribution in [2.24, 2.45) is 0 Å². The zero-order chi connectivity index (χ0) is 13.0. The molecule has 0 spiro atoms. The standard InChI is InChI=1S/C14H18INO2/c1-10(15)14(17)18-13-4-2-11(3-5-13)12-6-8-16-9-7-12/h2-5,10,12,16H,6-9H2,1H3/p+1. The maximum atomic E-state index is 11.5. The van der Waals surface area contributed by atoms with Crippen molar-refractivity contribution in [2.75, 3.05) is 13.1 Å². The molecule has 0 aliphatic carbocycles. The number of benzene rings is 1. The maximum Gasteiger partial charge on any atom is 0.323 e. The minimum atomic E-state index is -0.185. The van der Waals surface area contributed by atoms with Crippen LogP contribution in [0.1, 0.15) is 31.2 Å². The Kier molecular flexibility index (Phi) is 5.00. The van der Waals surface area contributed by atoms with Crippen molar-refractivity contribution in [3.63, 3.8) is 0 Å². The topological polar surface area (TPSA) is 42.9 Å². The summed E-state index contributed by atoms with van der Waals surface area (Å²) in [6, 6.07) is 8.00. The molecule has 3 nitrogen and oxygen atoms in total. The zero-order valence-electron chi connectivity index (χ0n) is 10.6. The molecular weight excluding hydrogens is 341 g/mol.